The number of halogens is 2. The van der Waals surface area contributed by atoms with E-state index in [4.69, 9.17) is 31.2 Å². The third-order valence-corrected chi connectivity index (χ3v) is 6.93. The van der Waals surface area contributed by atoms with E-state index in [0.717, 1.165) is 14.6 Å². The molecule has 2 unspecified atom stereocenters. The van der Waals surface area contributed by atoms with Crippen LogP contribution in [-0.4, -0.2) is 61.3 Å². The molecule has 0 saturated carbocycles. The van der Waals surface area contributed by atoms with Crippen molar-refractivity contribution in [2.24, 2.45) is 0 Å². The molecule has 0 fully saturated rings. The maximum atomic E-state index is 12.0. The summed E-state index contributed by atoms with van der Waals surface area (Å²) in [5.41, 5.74) is 1.36. The number of carbonyl (C=O) groups excluding carboxylic acids is 3. The Morgan fingerprint density at radius 3 is 1.82 bits per heavy atom. The summed E-state index contributed by atoms with van der Waals surface area (Å²) >= 11 is 12.1. The maximum absolute atomic E-state index is 12.0. The predicted octanol–water partition coefficient (Wildman–Crippen LogP) is 5.05. The Morgan fingerprint density at radius 2 is 1.32 bits per heavy atom. The Balaban J connectivity index is 0.000000211. The lowest BCUT2D eigenvalue weighted by atomic mass is 10.2. The average molecular weight is 672 g/mol. The number of rotatable bonds is 6. The first-order valence-corrected chi connectivity index (χ1v) is 13.9. The molecule has 2 atom stereocenters. The van der Waals surface area contributed by atoms with Gasteiger partial charge in [-0.15, -0.1) is 0 Å². The van der Waals surface area contributed by atoms with Crippen LogP contribution in [0.5, 0.6) is 11.5 Å². The van der Waals surface area contributed by atoms with Gasteiger partial charge in [0.05, 0.1) is 24.6 Å². The topological polar surface area (TPSA) is 94.6 Å². The van der Waals surface area contributed by atoms with Gasteiger partial charge in [-0.25, -0.2) is 9.59 Å². The number of anilines is 2. The molecule has 2 heterocycles. The highest BCUT2D eigenvalue weighted by Crippen LogP contribution is 2.37. The number of nitrogens with zero attached hydrogens (tertiary/aromatic N) is 2. The molecule has 0 N–H and O–H groups in total. The van der Waals surface area contributed by atoms with Crippen LogP contribution < -0.4 is 19.3 Å². The molecule has 2 aliphatic heterocycles. The van der Waals surface area contributed by atoms with E-state index < -0.39 is 18.1 Å². The normalized spacial score (nSPS) is 15.5. The van der Waals surface area contributed by atoms with Gasteiger partial charge in [-0.05, 0) is 64.1 Å². The average Bonchev–Trinajstić information content (AvgIpc) is 2.88. The van der Waals surface area contributed by atoms with Gasteiger partial charge in [-0.1, -0.05) is 44.1 Å². The number of hydrogen-bond acceptors (Lipinski definition) is 8. The van der Waals surface area contributed by atoms with Crippen LogP contribution in [-0.2, 0) is 23.9 Å². The maximum Gasteiger partial charge on any atom is 0.328 e. The summed E-state index contributed by atoms with van der Waals surface area (Å²) in [7, 11) is 0. The van der Waals surface area contributed by atoms with Crippen LogP contribution in [0.2, 0.25) is 0 Å². The van der Waals surface area contributed by atoms with Crippen molar-refractivity contribution >= 4 is 78.3 Å². The fraction of sp³-hybridized carbons (Fsp3) is 0.385. The van der Waals surface area contributed by atoms with E-state index in [1.807, 2.05) is 24.3 Å². The van der Waals surface area contributed by atoms with E-state index >= 15 is 0 Å². The van der Waals surface area contributed by atoms with Crippen molar-refractivity contribution in [3.63, 3.8) is 0 Å². The highest BCUT2D eigenvalue weighted by Gasteiger charge is 2.34. The van der Waals surface area contributed by atoms with E-state index in [1.54, 1.807) is 44.7 Å². The monoisotopic (exact) mass is 670 g/mol. The molecule has 12 heteroatoms. The van der Waals surface area contributed by atoms with Gasteiger partial charge in [0.25, 0.3) is 5.91 Å². The number of esters is 2. The number of benzene rings is 2. The SMILES string of the molecule is CCOC(=O)C(C)N1C(=O)COc2ccc(Br)cc21.CCOC(=O)C(C)N1C(=S)COc2ccc(Br)cc21. The van der Waals surface area contributed by atoms with Crippen LogP contribution in [0.15, 0.2) is 45.3 Å². The van der Waals surface area contributed by atoms with Gasteiger partial charge in [-0.3, -0.25) is 9.69 Å². The van der Waals surface area contributed by atoms with Crippen LogP contribution in [0.25, 0.3) is 0 Å². The second-order valence-electron chi connectivity index (χ2n) is 8.18. The Bertz CT molecular complexity index is 1130. The van der Waals surface area contributed by atoms with Crippen molar-refractivity contribution < 1.29 is 33.3 Å². The van der Waals surface area contributed by atoms with Crippen molar-refractivity contribution in [1.82, 2.24) is 0 Å². The highest BCUT2D eigenvalue weighted by atomic mass is 79.9. The van der Waals surface area contributed by atoms with E-state index in [9.17, 15) is 14.4 Å². The molecule has 0 aromatic heterocycles. The van der Waals surface area contributed by atoms with Crippen LogP contribution >= 0.6 is 44.1 Å². The lowest BCUT2D eigenvalue weighted by molar-refractivity contribution is -0.146. The summed E-state index contributed by atoms with van der Waals surface area (Å²) in [5, 5.41) is 0. The number of carbonyl (C=O) groups is 3. The Kier molecular flexibility index (Phi) is 10.5. The largest absolute Gasteiger partial charge is 0.484 e. The van der Waals surface area contributed by atoms with Crippen LogP contribution in [0.4, 0.5) is 11.4 Å². The van der Waals surface area contributed by atoms with Gasteiger partial charge in [0, 0.05) is 8.95 Å². The fourth-order valence-electron chi connectivity index (χ4n) is 3.87. The van der Waals surface area contributed by atoms with Crippen molar-refractivity contribution in [3.05, 3.63) is 45.3 Å². The van der Waals surface area contributed by atoms with E-state index in [2.05, 4.69) is 31.9 Å². The molecule has 1 amide bonds. The molecule has 0 saturated heterocycles. The number of ether oxygens (including phenoxy) is 4. The first-order chi connectivity index (χ1) is 18.1. The Morgan fingerprint density at radius 1 is 0.868 bits per heavy atom. The molecule has 0 radical (unpaired) electrons. The van der Waals surface area contributed by atoms with Gasteiger partial charge < -0.3 is 23.8 Å². The van der Waals surface area contributed by atoms with Crippen molar-refractivity contribution in [2.45, 2.75) is 39.8 Å². The van der Waals surface area contributed by atoms with Crippen LogP contribution in [0.1, 0.15) is 27.7 Å². The lowest BCUT2D eigenvalue weighted by Crippen LogP contribution is -2.48. The minimum absolute atomic E-state index is 0.0711. The molecule has 204 valence electrons. The smallest absolute Gasteiger partial charge is 0.328 e. The molecular formula is C26H28Br2N2O7S. The number of hydrogen-bond donors (Lipinski definition) is 0. The molecule has 0 aliphatic carbocycles. The van der Waals surface area contributed by atoms with Gasteiger partial charge in [0.15, 0.2) is 6.61 Å². The second-order valence-corrected chi connectivity index (χ2v) is 10.5. The molecule has 38 heavy (non-hydrogen) atoms. The third kappa shape index (κ3) is 6.83. The van der Waals surface area contributed by atoms with Crippen LogP contribution in [0.3, 0.4) is 0 Å². The Hall–Kier alpha value is -2.70. The summed E-state index contributed by atoms with van der Waals surface area (Å²) in [6, 6.07) is 9.82. The molecule has 2 aromatic carbocycles. The Labute approximate surface area is 243 Å². The van der Waals surface area contributed by atoms with E-state index in [-0.39, 0.29) is 25.1 Å². The van der Waals surface area contributed by atoms with E-state index in [1.165, 1.54) is 4.90 Å². The van der Waals surface area contributed by atoms with Crippen molar-refractivity contribution in [2.75, 3.05) is 36.2 Å². The molecule has 9 nitrogen and oxygen atoms in total. The van der Waals surface area contributed by atoms with Crippen LogP contribution in [0, 0.1) is 0 Å². The first kappa shape index (κ1) is 29.9. The number of fused-ring (bicyclic) bond motifs is 2. The van der Waals surface area contributed by atoms with Crippen molar-refractivity contribution in [3.8, 4) is 11.5 Å². The zero-order valence-corrected chi connectivity index (χ0v) is 25.4. The molecule has 0 spiro atoms. The first-order valence-electron chi connectivity index (χ1n) is 11.9. The second kappa shape index (κ2) is 13.4. The fourth-order valence-corrected chi connectivity index (χ4v) is 4.89. The van der Waals surface area contributed by atoms with Gasteiger partial charge in [0.2, 0.25) is 0 Å². The molecule has 0 bridgehead atoms. The summed E-state index contributed by atoms with van der Waals surface area (Å²) in [4.78, 5) is 39.5. The summed E-state index contributed by atoms with van der Waals surface area (Å²) < 4.78 is 22.6. The third-order valence-electron chi connectivity index (χ3n) is 5.63. The zero-order valence-electron chi connectivity index (χ0n) is 21.4. The van der Waals surface area contributed by atoms with Crippen molar-refractivity contribution in [1.29, 1.82) is 0 Å². The summed E-state index contributed by atoms with van der Waals surface area (Å²) in [6.07, 6.45) is 0. The molecule has 2 aromatic rings. The van der Waals surface area contributed by atoms with Gasteiger partial charge in [-0.2, -0.15) is 0 Å². The minimum atomic E-state index is -0.676. The molecule has 4 rings (SSSR count). The van der Waals surface area contributed by atoms with Gasteiger partial charge >= 0.3 is 11.9 Å². The zero-order chi connectivity index (χ0) is 28.0. The van der Waals surface area contributed by atoms with Gasteiger partial charge in [0.1, 0.15) is 35.2 Å². The lowest BCUT2D eigenvalue weighted by Gasteiger charge is -2.35. The van der Waals surface area contributed by atoms with E-state index in [0.29, 0.717) is 35.4 Å². The predicted molar refractivity (Wildman–Crippen MR) is 154 cm³/mol. The number of amides is 1. The minimum Gasteiger partial charge on any atom is -0.484 e. The summed E-state index contributed by atoms with van der Waals surface area (Å²) in [6.45, 7) is 7.81. The number of thiocarbonyl (C=S) groups is 1. The standard InChI is InChI=1S/C13H14BrNO4.C13H14BrNO3S/c1-3-18-13(17)8(2)15-10-6-9(14)4-5-11(10)19-7-12(15)16;1-3-17-13(16)8(2)15-10-6-9(14)4-5-11(10)18-7-12(15)19/h2*4-6,8H,3,7H2,1-2H3. The quantitative estimate of drug-likeness (QED) is 0.309. The molecule has 2 aliphatic rings. The molecular weight excluding hydrogens is 644 g/mol. The summed E-state index contributed by atoms with van der Waals surface area (Å²) in [5.74, 6) is 0.319. The highest BCUT2D eigenvalue weighted by molar-refractivity contribution is 9.10.